The summed E-state index contributed by atoms with van der Waals surface area (Å²) in [6.07, 6.45) is 2.56. The van der Waals surface area contributed by atoms with Crippen molar-refractivity contribution in [3.05, 3.63) is 50.6 Å². The highest BCUT2D eigenvalue weighted by molar-refractivity contribution is 7.13. The fourth-order valence-corrected chi connectivity index (χ4v) is 6.63. The van der Waals surface area contributed by atoms with E-state index in [0.717, 1.165) is 41.0 Å². The van der Waals surface area contributed by atoms with E-state index < -0.39 is 5.79 Å². The Morgan fingerprint density at radius 3 is 2.83 bits per heavy atom. The number of carbonyl (C=O) groups excluding carboxylic acids is 2. The Hall–Kier alpha value is -2.50. The van der Waals surface area contributed by atoms with Gasteiger partial charge in [0.1, 0.15) is 5.69 Å². The number of halogens is 1. The number of aromatic amines is 1. The first kappa shape index (κ1) is 23.9. The lowest BCUT2D eigenvalue weighted by molar-refractivity contribution is -0.184. The van der Waals surface area contributed by atoms with Crippen LogP contribution in [0.2, 0.25) is 5.02 Å². The van der Waals surface area contributed by atoms with Gasteiger partial charge < -0.3 is 30.0 Å². The van der Waals surface area contributed by atoms with Crippen LogP contribution < -0.4 is 10.6 Å². The molecule has 1 aliphatic carbocycles. The number of carbonyl (C=O) groups is 2. The quantitative estimate of drug-likeness (QED) is 0.479. The number of rotatable bonds is 4. The van der Waals surface area contributed by atoms with Crippen LogP contribution in [0.4, 0.5) is 0 Å². The summed E-state index contributed by atoms with van der Waals surface area (Å²) in [5.41, 5.74) is 2.29. The van der Waals surface area contributed by atoms with Crippen LogP contribution in [0.5, 0.6) is 0 Å². The lowest BCUT2D eigenvalue weighted by Gasteiger charge is -2.41. The molecule has 2 amide bonds. The maximum atomic E-state index is 13.3. The Labute approximate surface area is 217 Å². The Balaban J connectivity index is 1.20. The van der Waals surface area contributed by atoms with Gasteiger partial charge >= 0.3 is 0 Å². The molecule has 9 nitrogen and oxygen atoms in total. The van der Waals surface area contributed by atoms with Crippen LogP contribution in [0.15, 0.2) is 24.3 Å². The molecule has 6 rings (SSSR count). The van der Waals surface area contributed by atoms with Crippen LogP contribution in [0.25, 0.3) is 10.9 Å². The van der Waals surface area contributed by atoms with Gasteiger partial charge in [-0.15, -0.1) is 11.3 Å². The van der Waals surface area contributed by atoms with Gasteiger partial charge in [-0.3, -0.25) is 9.59 Å². The highest BCUT2D eigenvalue weighted by Gasteiger charge is 2.46. The van der Waals surface area contributed by atoms with Crippen molar-refractivity contribution in [1.82, 2.24) is 25.5 Å². The highest BCUT2D eigenvalue weighted by atomic mass is 35.5. The number of nitrogens with zero attached hydrogens (tertiary/aromatic N) is 2. The van der Waals surface area contributed by atoms with Gasteiger partial charge in [-0.25, -0.2) is 4.98 Å². The van der Waals surface area contributed by atoms with Gasteiger partial charge in [-0.1, -0.05) is 11.6 Å². The maximum absolute atomic E-state index is 13.3. The SMILES string of the molecule is CN1CCc2nc(C(=O)NC3CC4(CCC3NC(=O)c3cc5cc(Cl)ccc5[nH]3)OCCO4)sc2C1. The first-order chi connectivity index (χ1) is 17.4. The van der Waals surface area contributed by atoms with E-state index in [-0.39, 0.29) is 23.9 Å². The first-order valence-electron chi connectivity index (χ1n) is 12.2. The lowest BCUT2D eigenvalue weighted by atomic mass is 9.85. The van der Waals surface area contributed by atoms with E-state index in [2.05, 4.69) is 32.5 Å². The van der Waals surface area contributed by atoms with Gasteiger partial charge in [-0.2, -0.15) is 0 Å². The van der Waals surface area contributed by atoms with Crippen molar-refractivity contribution in [2.24, 2.45) is 0 Å². The van der Waals surface area contributed by atoms with E-state index in [1.807, 2.05) is 12.1 Å². The van der Waals surface area contributed by atoms with Crippen LogP contribution in [0, 0.1) is 0 Å². The summed E-state index contributed by atoms with van der Waals surface area (Å²) in [7, 11) is 2.07. The minimum absolute atomic E-state index is 0.225. The number of ether oxygens (including phenoxy) is 2. The summed E-state index contributed by atoms with van der Waals surface area (Å²) in [6, 6.07) is 6.59. The minimum Gasteiger partial charge on any atom is -0.351 e. The van der Waals surface area contributed by atoms with Gasteiger partial charge in [0, 0.05) is 59.2 Å². The average Bonchev–Trinajstić information content (AvgIpc) is 3.58. The molecule has 2 aliphatic heterocycles. The van der Waals surface area contributed by atoms with Crippen molar-refractivity contribution in [1.29, 1.82) is 0 Å². The van der Waals surface area contributed by atoms with Crippen molar-refractivity contribution < 1.29 is 19.1 Å². The Morgan fingerprint density at radius 1 is 1.19 bits per heavy atom. The summed E-state index contributed by atoms with van der Waals surface area (Å²) in [6.45, 7) is 2.80. The molecule has 3 aromatic rings. The van der Waals surface area contributed by atoms with Gasteiger partial charge in [0.2, 0.25) is 0 Å². The van der Waals surface area contributed by atoms with Crippen LogP contribution in [-0.2, 0) is 22.4 Å². The standard InChI is InChI=1S/C25H28ClN5O4S/c1-31-7-5-18-21(13-31)36-24(30-18)23(33)29-20-12-25(34-8-9-35-25)6-4-17(20)28-22(32)19-11-14-10-15(26)2-3-16(14)27-19/h2-3,10-11,17,20,27H,4-9,12-13H2,1H3,(H,28,32)(H,29,33). The van der Waals surface area contributed by atoms with Crippen LogP contribution >= 0.6 is 22.9 Å². The normalized spacial score (nSPS) is 23.6. The Bertz CT molecular complexity index is 1320. The van der Waals surface area contributed by atoms with Crippen molar-refractivity contribution in [2.45, 2.75) is 50.1 Å². The second kappa shape index (κ2) is 9.42. The van der Waals surface area contributed by atoms with E-state index in [1.165, 1.54) is 11.3 Å². The largest absolute Gasteiger partial charge is 0.351 e. The first-order valence-corrected chi connectivity index (χ1v) is 13.4. The van der Waals surface area contributed by atoms with Gasteiger partial charge in [-0.05, 0) is 37.7 Å². The predicted octanol–water partition coefficient (Wildman–Crippen LogP) is 3.09. The number of H-pyrrole nitrogens is 1. The third-order valence-electron chi connectivity index (χ3n) is 7.24. The molecule has 2 unspecified atom stereocenters. The number of hydrogen-bond donors (Lipinski definition) is 3. The summed E-state index contributed by atoms with van der Waals surface area (Å²) in [4.78, 5) is 37.6. The van der Waals surface area contributed by atoms with Crippen molar-refractivity contribution in [2.75, 3.05) is 26.8 Å². The number of benzene rings is 1. The summed E-state index contributed by atoms with van der Waals surface area (Å²) < 4.78 is 11.9. The minimum atomic E-state index is -0.720. The van der Waals surface area contributed by atoms with Crippen molar-refractivity contribution in [3.63, 3.8) is 0 Å². The van der Waals surface area contributed by atoms with E-state index in [9.17, 15) is 9.59 Å². The summed E-state index contributed by atoms with van der Waals surface area (Å²) >= 11 is 7.54. The summed E-state index contributed by atoms with van der Waals surface area (Å²) in [5.74, 6) is -1.18. The van der Waals surface area contributed by atoms with E-state index in [0.29, 0.717) is 48.2 Å². The molecule has 2 fully saturated rings. The van der Waals surface area contributed by atoms with Crippen LogP contribution in [-0.4, -0.2) is 71.4 Å². The Kier molecular flexibility index (Phi) is 6.25. The maximum Gasteiger partial charge on any atom is 0.280 e. The molecule has 1 saturated carbocycles. The Morgan fingerprint density at radius 2 is 2.00 bits per heavy atom. The summed E-state index contributed by atoms with van der Waals surface area (Å²) in [5, 5.41) is 8.20. The molecule has 2 atom stereocenters. The molecule has 1 aromatic carbocycles. The molecule has 36 heavy (non-hydrogen) atoms. The fourth-order valence-electron chi connectivity index (χ4n) is 5.36. The molecular weight excluding hydrogens is 502 g/mol. The van der Waals surface area contributed by atoms with Crippen molar-refractivity contribution >= 4 is 45.7 Å². The van der Waals surface area contributed by atoms with E-state index in [1.54, 1.807) is 12.1 Å². The highest BCUT2D eigenvalue weighted by Crippen LogP contribution is 2.36. The molecule has 0 bridgehead atoms. The van der Waals surface area contributed by atoms with Gasteiger partial charge in [0.05, 0.1) is 24.9 Å². The number of likely N-dealkylation sites (N-methyl/N-ethyl adjacent to an activating group) is 1. The molecule has 4 heterocycles. The zero-order valence-corrected chi connectivity index (χ0v) is 21.5. The second-order valence-electron chi connectivity index (χ2n) is 9.80. The van der Waals surface area contributed by atoms with E-state index >= 15 is 0 Å². The zero-order valence-electron chi connectivity index (χ0n) is 19.9. The molecule has 3 aliphatic rings. The third kappa shape index (κ3) is 4.64. The molecule has 2 aromatic heterocycles. The third-order valence-corrected chi connectivity index (χ3v) is 8.56. The fraction of sp³-hybridized carbons (Fsp3) is 0.480. The lowest BCUT2D eigenvalue weighted by Crippen LogP contribution is -2.58. The number of aromatic nitrogens is 2. The smallest absolute Gasteiger partial charge is 0.280 e. The number of nitrogens with one attached hydrogen (secondary N) is 3. The molecule has 1 saturated heterocycles. The second-order valence-corrected chi connectivity index (χ2v) is 11.3. The van der Waals surface area contributed by atoms with Crippen LogP contribution in [0.3, 0.4) is 0 Å². The molecule has 11 heteroatoms. The molecular formula is C25H28ClN5O4S. The number of fused-ring (bicyclic) bond motifs is 2. The van der Waals surface area contributed by atoms with E-state index in [4.69, 9.17) is 21.1 Å². The van der Waals surface area contributed by atoms with Gasteiger partial charge in [0.25, 0.3) is 11.8 Å². The molecule has 0 radical (unpaired) electrons. The average molecular weight is 530 g/mol. The van der Waals surface area contributed by atoms with Gasteiger partial charge in [0.15, 0.2) is 10.8 Å². The number of hydrogen-bond acceptors (Lipinski definition) is 7. The molecule has 1 spiro atoms. The molecule has 190 valence electrons. The van der Waals surface area contributed by atoms with Crippen molar-refractivity contribution in [3.8, 4) is 0 Å². The van der Waals surface area contributed by atoms with Crippen LogP contribution in [0.1, 0.15) is 50.1 Å². The monoisotopic (exact) mass is 529 g/mol. The topological polar surface area (TPSA) is 109 Å². The number of thiazole rings is 1. The number of amides is 2. The molecule has 3 N–H and O–H groups in total. The zero-order chi connectivity index (χ0) is 24.9. The predicted molar refractivity (Wildman–Crippen MR) is 136 cm³/mol.